The van der Waals surface area contributed by atoms with Gasteiger partial charge in [0.1, 0.15) is 5.76 Å². The third-order valence-electron chi connectivity index (χ3n) is 2.83. The average Bonchev–Trinajstić information content (AvgIpc) is 2.66. The highest BCUT2D eigenvalue weighted by Crippen LogP contribution is 2.16. The molecule has 3 N–H and O–H groups in total. The molecule has 0 aliphatic rings. The molecule has 0 spiro atoms. The van der Waals surface area contributed by atoms with Crippen LogP contribution in [0, 0.1) is 13.8 Å². The van der Waals surface area contributed by atoms with Gasteiger partial charge in [-0.05, 0) is 38.1 Å². The van der Waals surface area contributed by atoms with E-state index in [4.69, 9.17) is 9.66 Å². The summed E-state index contributed by atoms with van der Waals surface area (Å²) in [5.74, 6) is 0.770. The fourth-order valence-corrected chi connectivity index (χ4v) is 2.22. The molecule has 1 aromatic carbocycles. The Morgan fingerprint density at radius 3 is 2.37 bits per heavy atom. The molecule has 0 amide bonds. The van der Waals surface area contributed by atoms with Gasteiger partial charge in [0.15, 0.2) is 0 Å². The maximum absolute atomic E-state index is 11.1. The van der Waals surface area contributed by atoms with E-state index in [1.165, 1.54) is 12.1 Å². The topological polar surface area (TPSA) is 98.2 Å². The summed E-state index contributed by atoms with van der Waals surface area (Å²) in [7, 11) is -3.64. The van der Waals surface area contributed by atoms with E-state index in [9.17, 15) is 8.42 Å². The Balaban J connectivity index is 2.09. The Kier molecular flexibility index (Phi) is 3.59. The predicted molar refractivity (Wildman–Crippen MR) is 71.1 cm³/mol. The zero-order valence-corrected chi connectivity index (χ0v) is 11.5. The average molecular weight is 281 g/mol. The molecule has 1 heterocycles. The molecule has 19 heavy (non-hydrogen) atoms. The van der Waals surface area contributed by atoms with Gasteiger partial charge in [-0.1, -0.05) is 5.16 Å². The molecule has 2 rings (SSSR count). The lowest BCUT2D eigenvalue weighted by Gasteiger charge is -2.06. The van der Waals surface area contributed by atoms with Gasteiger partial charge in [-0.15, -0.1) is 0 Å². The quantitative estimate of drug-likeness (QED) is 0.886. The van der Waals surface area contributed by atoms with Gasteiger partial charge in [0.2, 0.25) is 10.0 Å². The van der Waals surface area contributed by atoms with Gasteiger partial charge in [-0.3, -0.25) is 0 Å². The fourth-order valence-electron chi connectivity index (χ4n) is 1.71. The Labute approximate surface area is 111 Å². The van der Waals surface area contributed by atoms with Crippen LogP contribution in [0.5, 0.6) is 0 Å². The highest BCUT2D eigenvalue weighted by molar-refractivity contribution is 7.89. The second kappa shape index (κ2) is 5.02. The van der Waals surface area contributed by atoms with Crippen LogP contribution in [0.25, 0.3) is 0 Å². The summed E-state index contributed by atoms with van der Waals surface area (Å²) in [5, 5.41) is 12.1. The van der Waals surface area contributed by atoms with Gasteiger partial charge in [-0.25, -0.2) is 13.6 Å². The Morgan fingerprint density at radius 2 is 1.89 bits per heavy atom. The van der Waals surface area contributed by atoms with E-state index in [1.54, 1.807) is 12.1 Å². The summed E-state index contributed by atoms with van der Waals surface area (Å²) in [6.07, 6.45) is 0. The van der Waals surface area contributed by atoms with E-state index in [0.29, 0.717) is 6.54 Å². The number of sulfonamides is 1. The van der Waals surface area contributed by atoms with Crippen LogP contribution in [-0.4, -0.2) is 13.6 Å². The van der Waals surface area contributed by atoms with Gasteiger partial charge in [0, 0.05) is 17.8 Å². The van der Waals surface area contributed by atoms with Crippen molar-refractivity contribution >= 4 is 15.7 Å². The highest BCUT2D eigenvalue weighted by atomic mass is 32.2. The van der Waals surface area contributed by atoms with E-state index in [0.717, 1.165) is 22.7 Å². The van der Waals surface area contributed by atoms with Gasteiger partial charge >= 0.3 is 0 Å². The third-order valence-corrected chi connectivity index (χ3v) is 3.76. The molecule has 7 heteroatoms. The SMILES string of the molecule is Cc1noc(C)c1CNc1ccc(S(N)(=O)=O)cc1. The molecule has 0 unspecified atom stereocenters. The van der Waals surface area contributed by atoms with E-state index in [1.807, 2.05) is 13.8 Å². The van der Waals surface area contributed by atoms with Crippen LogP contribution in [-0.2, 0) is 16.6 Å². The van der Waals surface area contributed by atoms with Crippen molar-refractivity contribution < 1.29 is 12.9 Å². The first kappa shape index (κ1) is 13.6. The second-order valence-electron chi connectivity index (χ2n) is 4.23. The molecule has 0 saturated heterocycles. The summed E-state index contributed by atoms with van der Waals surface area (Å²) < 4.78 is 27.3. The maximum atomic E-state index is 11.1. The molecule has 102 valence electrons. The number of aryl methyl sites for hydroxylation is 2. The molecule has 0 aliphatic carbocycles. The lowest BCUT2D eigenvalue weighted by molar-refractivity contribution is 0.392. The van der Waals surface area contributed by atoms with Crippen molar-refractivity contribution in [3.05, 3.63) is 41.3 Å². The van der Waals surface area contributed by atoms with Crippen molar-refractivity contribution in [3.63, 3.8) is 0 Å². The molecular formula is C12H15N3O3S. The van der Waals surface area contributed by atoms with Crippen LogP contribution in [0.3, 0.4) is 0 Å². The number of primary sulfonamides is 1. The van der Waals surface area contributed by atoms with E-state index >= 15 is 0 Å². The molecule has 0 fully saturated rings. The fraction of sp³-hybridized carbons (Fsp3) is 0.250. The Hall–Kier alpha value is -1.86. The minimum Gasteiger partial charge on any atom is -0.381 e. The molecule has 0 bridgehead atoms. The smallest absolute Gasteiger partial charge is 0.238 e. The van der Waals surface area contributed by atoms with Crippen molar-refractivity contribution in [2.24, 2.45) is 5.14 Å². The maximum Gasteiger partial charge on any atom is 0.238 e. The van der Waals surface area contributed by atoms with Gasteiger partial charge < -0.3 is 9.84 Å². The summed E-state index contributed by atoms with van der Waals surface area (Å²) in [4.78, 5) is 0.0930. The van der Waals surface area contributed by atoms with Crippen molar-refractivity contribution in [3.8, 4) is 0 Å². The second-order valence-corrected chi connectivity index (χ2v) is 5.79. The molecule has 0 atom stereocenters. The lowest BCUT2D eigenvalue weighted by atomic mass is 10.2. The number of aromatic nitrogens is 1. The zero-order chi connectivity index (χ0) is 14.0. The minimum atomic E-state index is -3.64. The number of anilines is 1. The van der Waals surface area contributed by atoms with Crippen LogP contribution < -0.4 is 10.5 Å². The highest BCUT2D eigenvalue weighted by Gasteiger charge is 2.09. The number of rotatable bonds is 4. The molecule has 0 aliphatic heterocycles. The lowest BCUT2D eigenvalue weighted by Crippen LogP contribution is -2.12. The van der Waals surface area contributed by atoms with Crippen LogP contribution in [0.4, 0.5) is 5.69 Å². The third kappa shape index (κ3) is 3.12. The largest absolute Gasteiger partial charge is 0.381 e. The monoisotopic (exact) mass is 281 g/mol. The van der Waals surface area contributed by atoms with Crippen LogP contribution >= 0.6 is 0 Å². The molecule has 1 aromatic heterocycles. The molecule has 0 radical (unpaired) electrons. The first-order valence-corrected chi connectivity index (χ1v) is 7.21. The molecule has 6 nitrogen and oxygen atoms in total. The Morgan fingerprint density at radius 1 is 1.26 bits per heavy atom. The summed E-state index contributed by atoms with van der Waals surface area (Å²) in [5.41, 5.74) is 2.63. The van der Waals surface area contributed by atoms with Crippen molar-refractivity contribution in [2.75, 3.05) is 5.32 Å². The number of nitrogens with one attached hydrogen (secondary N) is 1. The zero-order valence-electron chi connectivity index (χ0n) is 10.7. The normalized spacial score (nSPS) is 11.5. The van der Waals surface area contributed by atoms with Crippen LogP contribution in [0.15, 0.2) is 33.7 Å². The number of hydrogen-bond donors (Lipinski definition) is 2. The van der Waals surface area contributed by atoms with Crippen molar-refractivity contribution in [2.45, 2.75) is 25.3 Å². The first-order valence-electron chi connectivity index (χ1n) is 5.66. The number of nitrogens with zero attached hydrogens (tertiary/aromatic N) is 1. The minimum absolute atomic E-state index is 0.0930. The van der Waals surface area contributed by atoms with Crippen molar-refractivity contribution in [1.29, 1.82) is 0 Å². The van der Waals surface area contributed by atoms with E-state index < -0.39 is 10.0 Å². The summed E-state index contributed by atoms with van der Waals surface area (Å²) >= 11 is 0. The molecule has 2 aromatic rings. The van der Waals surface area contributed by atoms with Gasteiger partial charge in [0.25, 0.3) is 0 Å². The molecule has 0 saturated carbocycles. The summed E-state index contributed by atoms with van der Waals surface area (Å²) in [6.45, 7) is 4.29. The van der Waals surface area contributed by atoms with Crippen molar-refractivity contribution in [1.82, 2.24) is 5.16 Å². The number of benzene rings is 1. The van der Waals surface area contributed by atoms with E-state index in [-0.39, 0.29) is 4.90 Å². The standard InChI is InChI=1S/C12H15N3O3S/c1-8-12(9(2)18-15-8)7-14-10-3-5-11(6-4-10)19(13,16)17/h3-6,14H,7H2,1-2H3,(H2,13,16,17). The van der Waals surface area contributed by atoms with Gasteiger partial charge in [-0.2, -0.15) is 0 Å². The van der Waals surface area contributed by atoms with Crippen LogP contribution in [0.1, 0.15) is 17.0 Å². The molecular weight excluding hydrogens is 266 g/mol. The van der Waals surface area contributed by atoms with Crippen LogP contribution in [0.2, 0.25) is 0 Å². The Bertz CT molecular complexity index is 655. The summed E-state index contributed by atoms with van der Waals surface area (Å²) in [6, 6.07) is 6.26. The predicted octanol–water partition coefficient (Wildman–Crippen LogP) is 1.55. The van der Waals surface area contributed by atoms with E-state index in [2.05, 4.69) is 10.5 Å². The van der Waals surface area contributed by atoms with Gasteiger partial charge in [0.05, 0.1) is 10.6 Å². The number of hydrogen-bond acceptors (Lipinski definition) is 5. The number of nitrogens with two attached hydrogens (primary N) is 1. The first-order chi connectivity index (χ1) is 8.88.